The molecule has 0 saturated heterocycles. The highest BCUT2D eigenvalue weighted by Crippen LogP contribution is 2.02. The van der Waals surface area contributed by atoms with Gasteiger partial charge in [0, 0.05) is 26.3 Å². The number of pyridine rings is 1. The molecule has 0 aliphatic rings. The lowest BCUT2D eigenvalue weighted by Gasteiger charge is -2.14. The van der Waals surface area contributed by atoms with E-state index < -0.39 is 10.0 Å². The highest BCUT2D eigenvalue weighted by molar-refractivity contribution is 7.88. The summed E-state index contributed by atoms with van der Waals surface area (Å²) in [5.41, 5.74) is 0.328. The van der Waals surface area contributed by atoms with E-state index in [9.17, 15) is 13.2 Å². The lowest BCUT2D eigenvalue weighted by atomic mass is 10.3. The molecule has 0 N–H and O–H groups in total. The Balaban J connectivity index is 2.27. The molecule has 0 aromatic carbocycles. The van der Waals surface area contributed by atoms with E-state index in [1.165, 1.54) is 34.6 Å². The number of rotatable bonds is 4. The van der Waals surface area contributed by atoms with Crippen molar-refractivity contribution in [2.24, 2.45) is 0 Å². The Bertz CT molecular complexity index is 754. The largest absolute Gasteiger partial charge is 0.297 e. The van der Waals surface area contributed by atoms with Crippen molar-refractivity contribution >= 4 is 20.9 Å². The SMILES string of the molecule is CN(CCn1cnc2cnccc2c1=O)S(C)(=O)=O. The van der Waals surface area contributed by atoms with Crippen molar-refractivity contribution < 1.29 is 8.42 Å². The first-order chi connectivity index (χ1) is 8.89. The van der Waals surface area contributed by atoms with Crippen LogP contribution in [0.4, 0.5) is 0 Å². The first kappa shape index (κ1) is 13.6. The van der Waals surface area contributed by atoms with Gasteiger partial charge in [0.05, 0.1) is 29.7 Å². The maximum Gasteiger partial charge on any atom is 0.261 e. The molecule has 19 heavy (non-hydrogen) atoms. The monoisotopic (exact) mass is 282 g/mol. The summed E-state index contributed by atoms with van der Waals surface area (Å²) < 4.78 is 25.1. The van der Waals surface area contributed by atoms with E-state index in [2.05, 4.69) is 9.97 Å². The minimum Gasteiger partial charge on any atom is -0.297 e. The molecule has 7 nitrogen and oxygen atoms in total. The number of nitrogens with zero attached hydrogens (tertiary/aromatic N) is 4. The zero-order chi connectivity index (χ0) is 14.0. The number of hydrogen-bond donors (Lipinski definition) is 0. The molecule has 0 bridgehead atoms. The smallest absolute Gasteiger partial charge is 0.261 e. The lowest BCUT2D eigenvalue weighted by molar-refractivity contribution is 0.445. The number of likely N-dealkylation sites (N-methyl/N-ethyl adjacent to an activating group) is 1. The molecule has 2 aromatic rings. The molecule has 2 aromatic heterocycles. The average molecular weight is 282 g/mol. The zero-order valence-electron chi connectivity index (χ0n) is 10.6. The van der Waals surface area contributed by atoms with Crippen molar-refractivity contribution in [1.29, 1.82) is 0 Å². The maximum absolute atomic E-state index is 12.1. The average Bonchev–Trinajstić information content (AvgIpc) is 2.37. The first-order valence-electron chi connectivity index (χ1n) is 5.60. The summed E-state index contributed by atoms with van der Waals surface area (Å²) in [4.78, 5) is 20.1. The van der Waals surface area contributed by atoms with E-state index in [0.717, 1.165) is 6.26 Å². The third-order valence-corrected chi connectivity index (χ3v) is 4.16. The van der Waals surface area contributed by atoms with Gasteiger partial charge in [-0.2, -0.15) is 0 Å². The van der Waals surface area contributed by atoms with Crippen molar-refractivity contribution in [1.82, 2.24) is 18.8 Å². The summed E-state index contributed by atoms with van der Waals surface area (Å²) in [7, 11) is -1.77. The molecule has 0 atom stereocenters. The number of sulfonamides is 1. The minimum absolute atomic E-state index is 0.200. The van der Waals surface area contributed by atoms with Gasteiger partial charge in [0.25, 0.3) is 5.56 Å². The van der Waals surface area contributed by atoms with Crippen LogP contribution in [0.25, 0.3) is 10.9 Å². The molecule has 8 heteroatoms. The predicted octanol–water partition coefficient (Wildman–Crippen LogP) is -0.317. The van der Waals surface area contributed by atoms with E-state index in [0.29, 0.717) is 10.9 Å². The second kappa shape index (κ2) is 5.06. The molecule has 0 unspecified atom stereocenters. The van der Waals surface area contributed by atoms with Gasteiger partial charge in [0.2, 0.25) is 10.0 Å². The molecular weight excluding hydrogens is 268 g/mol. The Kier molecular flexibility index (Phi) is 3.63. The molecule has 2 rings (SSSR count). The second-order valence-electron chi connectivity index (χ2n) is 4.22. The summed E-state index contributed by atoms with van der Waals surface area (Å²) >= 11 is 0. The Morgan fingerprint density at radius 3 is 2.84 bits per heavy atom. The molecule has 0 amide bonds. The number of aromatic nitrogens is 3. The third-order valence-electron chi connectivity index (χ3n) is 2.85. The molecule has 0 spiro atoms. The van der Waals surface area contributed by atoms with Crippen molar-refractivity contribution in [2.45, 2.75) is 6.54 Å². The predicted molar refractivity (Wildman–Crippen MR) is 71.3 cm³/mol. The van der Waals surface area contributed by atoms with Crippen LogP contribution in [-0.4, -0.2) is 47.1 Å². The van der Waals surface area contributed by atoms with Gasteiger partial charge < -0.3 is 0 Å². The Hall–Kier alpha value is -1.80. The van der Waals surface area contributed by atoms with Crippen LogP contribution >= 0.6 is 0 Å². The number of fused-ring (bicyclic) bond motifs is 1. The minimum atomic E-state index is -3.24. The quantitative estimate of drug-likeness (QED) is 0.767. The van der Waals surface area contributed by atoms with Crippen LogP contribution in [0.5, 0.6) is 0 Å². The van der Waals surface area contributed by atoms with Crippen LogP contribution in [0.15, 0.2) is 29.6 Å². The van der Waals surface area contributed by atoms with E-state index in [-0.39, 0.29) is 18.6 Å². The first-order valence-corrected chi connectivity index (χ1v) is 7.45. The molecule has 2 heterocycles. The molecule has 0 saturated carbocycles. The molecular formula is C11H14N4O3S. The van der Waals surface area contributed by atoms with Gasteiger partial charge in [0.1, 0.15) is 0 Å². The van der Waals surface area contributed by atoms with Gasteiger partial charge in [-0.05, 0) is 6.07 Å². The fourth-order valence-corrected chi connectivity index (χ4v) is 2.00. The standard InChI is InChI=1S/C11H14N4O3S/c1-14(19(2,17)18)5-6-15-8-13-10-7-12-4-3-9(10)11(15)16/h3-4,7-8H,5-6H2,1-2H3. The molecule has 0 radical (unpaired) electrons. The fraction of sp³-hybridized carbons (Fsp3) is 0.364. The summed E-state index contributed by atoms with van der Waals surface area (Å²) in [6.07, 6.45) is 5.57. The van der Waals surface area contributed by atoms with Crippen LogP contribution in [0.3, 0.4) is 0 Å². The van der Waals surface area contributed by atoms with Gasteiger partial charge in [-0.25, -0.2) is 17.7 Å². The highest BCUT2D eigenvalue weighted by Gasteiger charge is 2.11. The van der Waals surface area contributed by atoms with Gasteiger partial charge >= 0.3 is 0 Å². The van der Waals surface area contributed by atoms with E-state index >= 15 is 0 Å². The van der Waals surface area contributed by atoms with Gasteiger partial charge in [0.15, 0.2) is 0 Å². The normalized spacial score (nSPS) is 12.2. The Morgan fingerprint density at radius 2 is 2.16 bits per heavy atom. The van der Waals surface area contributed by atoms with Crippen molar-refractivity contribution in [3.8, 4) is 0 Å². The molecule has 0 aliphatic carbocycles. The zero-order valence-corrected chi connectivity index (χ0v) is 11.5. The third kappa shape index (κ3) is 2.96. The second-order valence-corrected chi connectivity index (χ2v) is 6.31. The van der Waals surface area contributed by atoms with E-state index in [1.54, 1.807) is 6.07 Å². The maximum atomic E-state index is 12.1. The van der Waals surface area contributed by atoms with E-state index in [1.807, 2.05) is 0 Å². The van der Waals surface area contributed by atoms with Gasteiger partial charge in [-0.3, -0.25) is 14.3 Å². The fourth-order valence-electron chi connectivity index (χ4n) is 1.58. The number of hydrogen-bond acceptors (Lipinski definition) is 5. The molecule has 102 valence electrons. The topological polar surface area (TPSA) is 85.2 Å². The van der Waals surface area contributed by atoms with Crippen molar-refractivity contribution in [2.75, 3.05) is 19.8 Å². The van der Waals surface area contributed by atoms with Gasteiger partial charge in [-0.1, -0.05) is 0 Å². The van der Waals surface area contributed by atoms with Crippen LogP contribution in [0, 0.1) is 0 Å². The molecule has 0 fully saturated rings. The Morgan fingerprint density at radius 1 is 1.42 bits per heavy atom. The summed E-state index contributed by atoms with van der Waals surface area (Å²) in [5, 5.41) is 0.472. The van der Waals surface area contributed by atoms with E-state index in [4.69, 9.17) is 0 Å². The van der Waals surface area contributed by atoms with Gasteiger partial charge in [-0.15, -0.1) is 0 Å². The summed E-state index contributed by atoms with van der Waals surface area (Å²) in [6, 6.07) is 1.60. The van der Waals surface area contributed by atoms with Crippen LogP contribution < -0.4 is 5.56 Å². The van der Waals surface area contributed by atoms with Crippen LogP contribution in [0.2, 0.25) is 0 Å². The lowest BCUT2D eigenvalue weighted by Crippen LogP contribution is -2.32. The highest BCUT2D eigenvalue weighted by atomic mass is 32.2. The van der Waals surface area contributed by atoms with Crippen LogP contribution in [-0.2, 0) is 16.6 Å². The van der Waals surface area contributed by atoms with Crippen molar-refractivity contribution in [3.05, 3.63) is 35.1 Å². The molecule has 0 aliphatic heterocycles. The van der Waals surface area contributed by atoms with Crippen LogP contribution in [0.1, 0.15) is 0 Å². The van der Waals surface area contributed by atoms with Crippen molar-refractivity contribution in [3.63, 3.8) is 0 Å². The summed E-state index contributed by atoms with van der Waals surface area (Å²) in [6.45, 7) is 0.477. The Labute approximate surface area is 110 Å². The summed E-state index contributed by atoms with van der Waals surface area (Å²) in [5.74, 6) is 0.